The Morgan fingerprint density at radius 2 is 2.12 bits per heavy atom. The summed E-state index contributed by atoms with van der Waals surface area (Å²) in [6.07, 6.45) is 3.73. The fraction of sp³-hybridized carbons (Fsp3) is 0.333. The molecule has 2 N–H and O–H groups in total. The Hall–Kier alpha value is -1.49. The number of hydrogen-bond donors (Lipinski definition) is 2. The zero-order valence-corrected chi connectivity index (χ0v) is 10.5. The maximum atomic E-state index is 11.4. The predicted octanol–water partition coefficient (Wildman–Crippen LogP) is 2.09. The molecule has 1 aromatic carbocycles. The van der Waals surface area contributed by atoms with Crippen molar-refractivity contribution in [3.05, 3.63) is 24.3 Å². The molecule has 17 heavy (non-hydrogen) atoms. The molecule has 0 aromatic heterocycles. The number of hydrazone groups is 1. The fourth-order valence-corrected chi connectivity index (χ4v) is 1.99. The minimum atomic E-state index is -0.0653. The molecule has 1 saturated heterocycles. The third-order valence-electron chi connectivity index (χ3n) is 2.55. The van der Waals surface area contributed by atoms with Gasteiger partial charge in [-0.25, -0.2) is 0 Å². The van der Waals surface area contributed by atoms with Gasteiger partial charge in [-0.3, -0.25) is 10.2 Å². The quantitative estimate of drug-likeness (QED) is 0.637. The highest BCUT2D eigenvalue weighted by Crippen LogP contribution is 2.17. The maximum absolute atomic E-state index is 11.4. The SMILES string of the molecule is CSc1ccc(N/N=C2/CCCNC2=O)cc1. The molecule has 90 valence electrons. The van der Waals surface area contributed by atoms with Crippen molar-refractivity contribution in [3.63, 3.8) is 0 Å². The number of thioether (sulfide) groups is 1. The van der Waals surface area contributed by atoms with E-state index in [0.717, 1.165) is 25.1 Å². The van der Waals surface area contributed by atoms with Crippen LogP contribution in [0.4, 0.5) is 5.69 Å². The van der Waals surface area contributed by atoms with Crippen LogP contribution in [-0.2, 0) is 4.79 Å². The molecule has 0 bridgehead atoms. The second-order valence-corrected chi connectivity index (χ2v) is 4.64. The molecular weight excluding hydrogens is 234 g/mol. The molecule has 2 rings (SSSR count). The number of carbonyl (C=O) groups excluding carboxylic acids is 1. The Morgan fingerprint density at radius 3 is 2.76 bits per heavy atom. The van der Waals surface area contributed by atoms with Gasteiger partial charge in [0.05, 0.1) is 5.69 Å². The van der Waals surface area contributed by atoms with E-state index in [-0.39, 0.29) is 5.91 Å². The van der Waals surface area contributed by atoms with Gasteiger partial charge in [-0.15, -0.1) is 11.8 Å². The van der Waals surface area contributed by atoms with Crippen molar-refractivity contribution >= 4 is 29.1 Å². The Balaban J connectivity index is 2.00. The van der Waals surface area contributed by atoms with Crippen molar-refractivity contribution in [1.82, 2.24) is 5.32 Å². The molecule has 0 radical (unpaired) electrons. The second kappa shape index (κ2) is 5.72. The summed E-state index contributed by atoms with van der Waals surface area (Å²) < 4.78 is 0. The lowest BCUT2D eigenvalue weighted by molar-refractivity contribution is -0.115. The van der Waals surface area contributed by atoms with Crippen LogP contribution in [0.2, 0.25) is 0 Å². The number of benzene rings is 1. The lowest BCUT2D eigenvalue weighted by Crippen LogP contribution is -2.37. The first-order valence-corrected chi connectivity index (χ1v) is 6.77. The number of piperidine rings is 1. The number of hydrogen-bond acceptors (Lipinski definition) is 4. The number of nitrogens with one attached hydrogen (secondary N) is 2. The van der Waals surface area contributed by atoms with Gasteiger partial charge in [0.25, 0.3) is 5.91 Å². The van der Waals surface area contributed by atoms with Crippen LogP contribution in [0.25, 0.3) is 0 Å². The van der Waals surface area contributed by atoms with Crippen LogP contribution in [-0.4, -0.2) is 24.4 Å². The molecule has 0 atom stereocenters. The van der Waals surface area contributed by atoms with E-state index >= 15 is 0 Å². The number of amides is 1. The highest BCUT2D eigenvalue weighted by atomic mass is 32.2. The number of anilines is 1. The summed E-state index contributed by atoms with van der Waals surface area (Å²) >= 11 is 1.70. The van der Waals surface area contributed by atoms with Crippen LogP contribution in [0.3, 0.4) is 0 Å². The topological polar surface area (TPSA) is 53.5 Å². The van der Waals surface area contributed by atoms with Gasteiger partial charge < -0.3 is 5.32 Å². The fourth-order valence-electron chi connectivity index (χ4n) is 1.58. The summed E-state index contributed by atoms with van der Waals surface area (Å²) in [5.74, 6) is -0.0653. The first-order valence-electron chi connectivity index (χ1n) is 5.54. The van der Waals surface area contributed by atoms with Crippen LogP contribution < -0.4 is 10.7 Å². The van der Waals surface area contributed by atoms with E-state index in [9.17, 15) is 4.79 Å². The molecule has 1 amide bonds. The van der Waals surface area contributed by atoms with Crippen LogP contribution in [0.5, 0.6) is 0 Å². The highest BCUT2D eigenvalue weighted by molar-refractivity contribution is 7.98. The normalized spacial score (nSPS) is 17.9. The van der Waals surface area contributed by atoms with Gasteiger partial charge in [0, 0.05) is 11.4 Å². The average molecular weight is 249 g/mol. The van der Waals surface area contributed by atoms with Crippen molar-refractivity contribution in [2.45, 2.75) is 17.7 Å². The number of carbonyl (C=O) groups is 1. The second-order valence-electron chi connectivity index (χ2n) is 3.76. The Morgan fingerprint density at radius 1 is 1.35 bits per heavy atom. The minimum absolute atomic E-state index is 0.0653. The molecule has 0 spiro atoms. The Labute approximate surface area is 105 Å². The van der Waals surface area contributed by atoms with E-state index in [1.165, 1.54) is 4.90 Å². The average Bonchev–Trinajstić information content (AvgIpc) is 2.38. The van der Waals surface area contributed by atoms with E-state index in [0.29, 0.717) is 5.71 Å². The maximum Gasteiger partial charge on any atom is 0.267 e. The van der Waals surface area contributed by atoms with Gasteiger partial charge in [-0.2, -0.15) is 5.10 Å². The zero-order valence-electron chi connectivity index (χ0n) is 9.69. The highest BCUT2D eigenvalue weighted by Gasteiger charge is 2.15. The van der Waals surface area contributed by atoms with E-state index in [4.69, 9.17) is 0 Å². The van der Waals surface area contributed by atoms with E-state index in [1.807, 2.05) is 30.5 Å². The Bertz CT molecular complexity index is 428. The molecule has 1 heterocycles. The third kappa shape index (κ3) is 3.23. The van der Waals surface area contributed by atoms with Crippen LogP contribution in [0.15, 0.2) is 34.3 Å². The summed E-state index contributed by atoms with van der Waals surface area (Å²) in [6.45, 7) is 0.750. The monoisotopic (exact) mass is 249 g/mol. The lowest BCUT2D eigenvalue weighted by atomic mass is 10.1. The summed E-state index contributed by atoms with van der Waals surface area (Å²) in [4.78, 5) is 12.6. The Kier molecular flexibility index (Phi) is 4.03. The number of rotatable bonds is 3. The van der Waals surface area contributed by atoms with E-state index < -0.39 is 0 Å². The van der Waals surface area contributed by atoms with Crippen molar-refractivity contribution in [2.24, 2.45) is 5.10 Å². The van der Waals surface area contributed by atoms with Gasteiger partial charge in [-0.05, 0) is 43.4 Å². The largest absolute Gasteiger partial charge is 0.351 e. The summed E-state index contributed by atoms with van der Waals surface area (Å²) in [5.41, 5.74) is 4.39. The van der Waals surface area contributed by atoms with Crippen molar-refractivity contribution in [1.29, 1.82) is 0 Å². The molecule has 1 fully saturated rings. The van der Waals surface area contributed by atoms with Crippen molar-refractivity contribution in [2.75, 3.05) is 18.2 Å². The molecule has 4 nitrogen and oxygen atoms in total. The van der Waals surface area contributed by atoms with Crippen LogP contribution in [0.1, 0.15) is 12.8 Å². The molecule has 0 unspecified atom stereocenters. The molecule has 5 heteroatoms. The molecular formula is C12H15N3OS. The van der Waals surface area contributed by atoms with Crippen molar-refractivity contribution < 1.29 is 4.79 Å². The predicted molar refractivity (Wildman–Crippen MR) is 71.5 cm³/mol. The lowest BCUT2D eigenvalue weighted by Gasteiger charge is -2.13. The minimum Gasteiger partial charge on any atom is -0.351 e. The molecule has 0 aliphatic carbocycles. The third-order valence-corrected chi connectivity index (χ3v) is 3.29. The van der Waals surface area contributed by atoms with Crippen LogP contribution in [0, 0.1) is 0 Å². The van der Waals surface area contributed by atoms with Crippen LogP contribution >= 0.6 is 11.8 Å². The van der Waals surface area contributed by atoms with Crippen molar-refractivity contribution in [3.8, 4) is 0 Å². The first kappa shape index (κ1) is 12.0. The zero-order chi connectivity index (χ0) is 12.1. The van der Waals surface area contributed by atoms with E-state index in [2.05, 4.69) is 15.8 Å². The van der Waals surface area contributed by atoms with Gasteiger partial charge >= 0.3 is 0 Å². The molecule has 1 aliphatic rings. The summed E-state index contributed by atoms with van der Waals surface area (Å²) in [6, 6.07) is 7.95. The summed E-state index contributed by atoms with van der Waals surface area (Å²) in [7, 11) is 0. The summed E-state index contributed by atoms with van der Waals surface area (Å²) in [5, 5.41) is 6.91. The van der Waals surface area contributed by atoms with Gasteiger partial charge in [0.2, 0.25) is 0 Å². The number of nitrogens with zero attached hydrogens (tertiary/aromatic N) is 1. The first-order chi connectivity index (χ1) is 8.29. The molecule has 0 saturated carbocycles. The molecule has 1 aliphatic heterocycles. The van der Waals surface area contributed by atoms with Gasteiger partial charge in [0.15, 0.2) is 0 Å². The van der Waals surface area contributed by atoms with Gasteiger partial charge in [0.1, 0.15) is 5.71 Å². The van der Waals surface area contributed by atoms with Gasteiger partial charge in [-0.1, -0.05) is 0 Å². The standard InChI is InChI=1S/C12H15N3OS/c1-17-10-6-4-9(5-7-10)14-15-11-3-2-8-13-12(11)16/h4-7,14H,2-3,8H2,1H3,(H,13,16)/b15-11-. The smallest absolute Gasteiger partial charge is 0.267 e. The van der Waals surface area contributed by atoms with E-state index in [1.54, 1.807) is 11.8 Å². The molecule has 1 aromatic rings.